The summed E-state index contributed by atoms with van der Waals surface area (Å²) in [6, 6.07) is 14.1. The number of carbonyl (C=O) groups is 1. The lowest BCUT2D eigenvalue weighted by molar-refractivity contribution is -0.117. The maximum Gasteiger partial charge on any atom is 0.238 e. The van der Waals surface area contributed by atoms with Crippen molar-refractivity contribution in [3.05, 3.63) is 42.5 Å². The summed E-state index contributed by atoms with van der Waals surface area (Å²) < 4.78 is 0. The second-order valence-electron chi connectivity index (χ2n) is 5.17. The molecule has 0 radical (unpaired) electrons. The predicted octanol–water partition coefficient (Wildman–Crippen LogP) is 3.51. The van der Waals surface area contributed by atoms with Crippen molar-refractivity contribution in [3.63, 3.8) is 0 Å². The molecule has 2 aromatic rings. The first-order valence-electron chi connectivity index (χ1n) is 7.17. The van der Waals surface area contributed by atoms with Crippen molar-refractivity contribution in [2.45, 2.75) is 19.8 Å². The molecular formula is C17H22N2O. The van der Waals surface area contributed by atoms with Gasteiger partial charge in [0.2, 0.25) is 5.91 Å². The molecule has 2 aromatic carbocycles. The molecule has 2 rings (SSSR count). The highest BCUT2D eigenvalue weighted by molar-refractivity contribution is 6.02. The Balaban J connectivity index is 2.03. The maximum atomic E-state index is 12.1. The number of fused-ring (bicyclic) bond motifs is 1. The Morgan fingerprint density at radius 1 is 1.15 bits per heavy atom. The zero-order chi connectivity index (χ0) is 14.4. The standard InChI is InChI=1S/C17H22N2O/c1-3-4-12-19(2)13-17(20)18-16-11-7-9-14-8-5-6-10-15(14)16/h5-11H,3-4,12-13H2,1-2H3,(H,18,20). The highest BCUT2D eigenvalue weighted by atomic mass is 16.2. The van der Waals surface area contributed by atoms with Crippen LogP contribution in [0.1, 0.15) is 19.8 Å². The van der Waals surface area contributed by atoms with Crippen LogP contribution in [-0.2, 0) is 4.79 Å². The minimum absolute atomic E-state index is 0.0416. The molecule has 20 heavy (non-hydrogen) atoms. The van der Waals surface area contributed by atoms with Crippen LogP contribution >= 0.6 is 0 Å². The number of benzene rings is 2. The molecule has 1 amide bonds. The summed E-state index contributed by atoms with van der Waals surface area (Å²) in [6.07, 6.45) is 2.27. The van der Waals surface area contributed by atoms with Gasteiger partial charge in [0.15, 0.2) is 0 Å². The molecule has 3 heteroatoms. The molecule has 0 aliphatic carbocycles. The molecule has 0 spiro atoms. The summed E-state index contributed by atoms with van der Waals surface area (Å²) in [7, 11) is 1.98. The number of hydrogen-bond acceptors (Lipinski definition) is 2. The van der Waals surface area contributed by atoms with E-state index in [2.05, 4.69) is 29.3 Å². The summed E-state index contributed by atoms with van der Waals surface area (Å²) >= 11 is 0. The van der Waals surface area contributed by atoms with Gasteiger partial charge in [-0.1, -0.05) is 49.7 Å². The van der Waals surface area contributed by atoms with E-state index in [0.717, 1.165) is 35.8 Å². The SMILES string of the molecule is CCCCN(C)CC(=O)Nc1cccc2ccccc12. The van der Waals surface area contributed by atoms with Crippen molar-refractivity contribution in [3.8, 4) is 0 Å². The third kappa shape index (κ3) is 3.81. The number of nitrogens with zero attached hydrogens (tertiary/aromatic N) is 1. The number of amides is 1. The van der Waals surface area contributed by atoms with E-state index in [0.29, 0.717) is 6.54 Å². The fraction of sp³-hybridized carbons (Fsp3) is 0.353. The zero-order valence-corrected chi connectivity index (χ0v) is 12.2. The first-order chi connectivity index (χ1) is 9.70. The summed E-state index contributed by atoms with van der Waals surface area (Å²) in [5.41, 5.74) is 0.886. The first-order valence-corrected chi connectivity index (χ1v) is 7.17. The number of nitrogens with one attached hydrogen (secondary N) is 1. The van der Waals surface area contributed by atoms with Gasteiger partial charge in [0, 0.05) is 11.1 Å². The van der Waals surface area contributed by atoms with Crippen molar-refractivity contribution in [2.75, 3.05) is 25.5 Å². The predicted molar refractivity (Wildman–Crippen MR) is 85.0 cm³/mol. The third-order valence-electron chi connectivity index (χ3n) is 3.37. The Labute approximate surface area is 120 Å². The fourth-order valence-corrected chi connectivity index (χ4v) is 2.28. The minimum atomic E-state index is 0.0416. The van der Waals surface area contributed by atoms with Gasteiger partial charge in [-0.2, -0.15) is 0 Å². The molecule has 0 aliphatic rings. The molecule has 0 aromatic heterocycles. The van der Waals surface area contributed by atoms with Gasteiger partial charge < -0.3 is 5.32 Å². The Bertz CT molecular complexity index is 575. The van der Waals surface area contributed by atoms with Crippen LogP contribution in [0.3, 0.4) is 0 Å². The first kappa shape index (κ1) is 14.5. The number of likely N-dealkylation sites (N-methyl/N-ethyl adjacent to an activating group) is 1. The van der Waals surface area contributed by atoms with Crippen molar-refractivity contribution in [1.82, 2.24) is 4.90 Å². The number of carbonyl (C=O) groups excluding carboxylic acids is 1. The van der Waals surface area contributed by atoms with Crippen LogP contribution in [0, 0.1) is 0 Å². The molecule has 0 bridgehead atoms. The van der Waals surface area contributed by atoms with Crippen LogP contribution < -0.4 is 5.32 Å². The third-order valence-corrected chi connectivity index (χ3v) is 3.37. The van der Waals surface area contributed by atoms with Gasteiger partial charge in [-0.15, -0.1) is 0 Å². The van der Waals surface area contributed by atoms with Gasteiger partial charge in [-0.05, 0) is 31.5 Å². The van der Waals surface area contributed by atoms with Gasteiger partial charge >= 0.3 is 0 Å². The zero-order valence-electron chi connectivity index (χ0n) is 12.2. The number of hydrogen-bond donors (Lipinski definition) is 1. The highest BCUT2D eigenvalue weighted by Crippen LogP contribution is 2.22. The summed E-state index contributed by atoms with van der Waals surface area (Å²) in [5, 5.41) is 5.24. The van der Waals surface area contributed by atoms with Crippen molar-refractivity contribution < 1.29 is 4.79 Å². The molecule has 0 unspecified atom stereocenters. The fourth-order valence-electron chi connectivity index (χ4n) is 2.28. The topological polar surface area (TPSA) is 32.3 Å². The number of rotatable bonds is 6. The monoisotopic (exact) mass is 270 g/mol. The average Bonchev–Trinajstić information content (AvgIpc) is 2.45. The van der Waals surface area contributed by atoms with Gasteiger partial charge in [0.1, 0.15) is 0 Å². The van der Waals surface area contributed by atoms with Crippen molar-refractivity contribution in [2.24, 2.45) is 0 Å². The van der Waals surface area contributed by atoms with Crippen molar-refractivity contribution in [1.29, 1.82) is 0 Å². The van der Waals surface area contributed by atoms with E-state index in [1.807, 2.05) is 37.4 Å². The van der Waals surface area contributed by atoms with E-state index in [1.54, 1.807) is 0 Å². The van der Waals surface area contributed by atoms with Crippen LogP contribution in [0.2, 0.25) is 0 Å². The van der Waals surface area contributed by atoms with E-state index in [9.17, 15) is 4.79 Å². The second-order valence-corrected chi connectivity index (χ2v) is 5.17. The number of unbranched alkanes of at least 4 members (excludes halogenated alkanes) is 1. The maximum absolute atomic E-state index is 12.1. The van der Waals surface area contributed by atoms with Gasteiger partial charge in [0.25, 0.3) is 0 Å². The molecule has 0 saturated heterocycles. The quantitative estimate of drug-likeness (QED) is 0.871. The van der Waals surface area contributed by atoms with E-state index in [-0.39, 0.29) is 5.91 Å². The molecule has 0 aliphatic heterocycles. The molecule has 1 N–H and O–H groups in total. The van der Waals surface area contributed by atoms with Crippen LogP contribution in [0.15, 0.2) is 42.5 Å². The van der Waals surface area contributed by atoms with Crippen LogP contribution in [-0.4, -0.2) is 30.9 Å². The Morgan fingerprint density at radius 2 is 1.90 bits per heavy atom. The molecule has 0 saturated carbocycles. The van der Waals surface area contributed by atoms with E-state index < -0.39 is 0 Å². The summed E-state index contributed by atoms with van der Waals surface area (Å²) in [5.74, 6) is 0.0416. The largest absolute Gasteiger partial charge is 0.324 e. The Kier molecular flexibility index (Phi) is 5.13. The summed E-state index contributed by atoms with van der Waals surface area (Å²) in [4.78, 5) is 14.1. The molecule has 0 heterocycles. The molecule has 0 fully saturated rings. The minimum Gasteiger partial charge on any atom is -0.324 e. The molecule has 106 valence electrons. The van der Waals surface area contributed by atoms with Gasteiger partial charge in [-0.3, -0.25) is 9.69 Å². The van der Waals surface area contributed by atoms with Crippen LogP contribution in [0.4, 0.5) is 5.69 Å². The van der Waals surface area contributed by atoms with E-state index >= 15 is 0 Å². The average molecular weight is 270 g/mol. The van der Waals surface area contributed by atoms with E-state index in [1.165, 1.54) is 0 Å². The molecule has 3 nitrogen and oxygen atoms in total. The lowest BCUT2D eigenvalue weighted by Crippen LogP contribution is -2.30. The normalized spacial score (nSPS) is 10.9. The molecule has 0 atom stereocenters. The van der Waals surface area contributed by atoms with E-state index in [4.69, 9.17) is 0 Å². The lowest BCUT2D eigenvalue weighted by Gasteiger charge is -2.16. The van der Waals surface area contributed by atoms with Gasteiger partial charge in [-0.25, -0.2) is 0 Å². The molecular weight excluding hydrogens is 248 g/mol. The van der Waals surface area contributed by atoms with Crippen molar-refractivity contribution >= 4 is 22.4 Å². The second kappa shape index (κ2) is 7.06. The smallest absolute Gasteiger partial charge is 0.238 e. The Hall–Kier alpha value is -1.87. The highest BCUT2D eigenvalue weighted by Gasteiger charge is 2.08. The lowest BCUT2D eigenvalue weighted by atomic mass is 10.1. The van der Waals surface area contributed by atoms with Gasteiger partial charge in [0.05, 0.1) is 6.54 Å². The summed E-state index contributed by atoms with van der Waals surface area (Å²) in [6.45, 7) is 3.55. The van der Waals surface area contributed by atoms with Crippen LogP contribution in [0.25, 0.3) is 10.8 Å². The van der Waals surface area contributed by atoms with Crippen LogP contribution in [0.5, 0.6) is 0 Å². The number of anilines is 1. The Morgan fingerprint density at radius 3 is 2.70 bits per heavy atom.